The van der Waals surface area contributed by atoms with Crippen molar-refractivity contribution in [1.29, 1.82) is 0 Å². The Morgan fingerprint density at radius 2 is 1.67 bits per heavy atom. The van der Waals surface area contributed by atoms with Gasteiger partial charge in [0.15, 0.2) is 0 Å². The van der Waals surface area contributed by atoms with Crippen molar-refractivity contribution in [1.82, 2.24) is 0 Å². The molecule has 21 heavy (non-hydrogen) atoms. The van der Waals surface area contributed by atoms with Crippen molar-refractivity contribution in [2.45, 2.75) is 38.9 Å². The molecule has 1 aromatic rings. The molecule has 2 rings (SSSR count). The van der Waals surface area contributed by atoms with Crippen LogP contribution in [0.2, 0.25) is 0 Å². The summed E-state index contributed by atoms with van der Waals surface area (Å²) in [6, 6.07) is 4.32. The fraction of sp³-hybridized carbons (Fsp3) is 0.571. The molecule has 0 N–H and O–H groups in total. The van der Waals surface area contributed by atoms with E-state index in [1.54, 1.807) is 0 Å². The van der Waals surface area contributed by atoms with Crippen LogP contribution in [0, 0.1) is 5.82 Å². The monoisotopic (exact) mass is 313 g/mol. The Balaban J connectivity index is 2.42. The summed E-state index contributed by atoms with van der Waals surface area (Å²) in [5.74, 6) is -0.425. The lowest BCUT2D eigenvalue weighted by Gasteiger charge is -2.32. The van der Waals surface area contributed by atoms with Crippen LogP contribution < -0.4 is 5.46 Å². The smallest absolute Gasteiger partial charge is 0.399 e. The maximum Gasteiger partial charge on any atom is 0.497 e. The van der Waals surface area contributed by atoms with E-state index in [1.807, 2.05) is 27.7 Å². The van der Waals surface area contributed by atoms with E-state index in [-0.39, 0.29) is 5.46 Å². The number of halogens is 1. The van der Waals surface area contributed by atoms with Gasteiger partial charge >= 0.3 is 7.12 Å². The van der Waals surface area contributed by atoms with E-state index >= 15 is 0 Å². The zero-order chi connectivity index (χ0) is 16.1. The third-order valence-electron chi connectivity index (χ3n) is 3.81. The molecule has 1 fully saturated rings. The molecule has 0 amide bonds. The molecule has 1 aliphatic heterocycles. The van der Waals surface area contributed by atoms with Gasteiger partial charge in [0.05, 0.1) is 16.9 Å². The van der Waals surface area contributed by atoms with Crippen molar-refractivity contribution in [2.24, 2.45) is 4.36 Å². The van der Waals surface area contributed by atoms with Gasteiger partial charge in [-0.15, -0.1) is 0 Å². The van der Waals surface area contributed by atoms with Crippen LogP contribution >= 0.6 is 0 Å². The minimum Gasteiger partial charge on any atom is -0.399 e. The zero-order valence-electron chi connectivity index (χ0n) is 13.3. The molecule has 1 aromatic carbocycles. The molecule has 0 aliphatic carbocycles. The van der Waals surface area contributed by atoms with Crippen molar-refractivity contribution >= 4 is 28.0 Å². The molecule has 116 valence electrons. The third kappa shape index (κ3) is 3.47. The lowest BCUT2D eigenvalue weighted by molar-refractivity contribution is 0.00578. The van der Waals surface area contributed by atoms with E-state index < -0.39 is 33.9 Å². The first-order valence-corrected chi connectivity index (χ1v) is 9.07. The van der Waals surface area contributed by atoms with Gasteiger partial charge in [-0.05, 0) is 45.9 Å². The highest BCUT2D eigenvalue weighted by molar-refractivity contribution is 7.92. The second kappa shape index (κ2) is 5.07. The van der Waals surface area contributed by atoms with Crippen LogP contribution in [0.3, 0.4) is 0 Å². The van der Waals surface area contributed by atoms with Crippen molar-refractivity contribution < 1.29 is 17.9 Å². The van der Waals surface area contributed by atoms with E-state index in [9.17, 15) is 8.60 Å². The number of benzene rings is 1. The van der Waals surface area contributed by atoms with Crippen LogP contribution in [-0.2, 0) is 19.0 Å². The minimum atomic E-state index is -2.31. The second-order valence-corrected chi connectivity index (χ2v) is 9.11. The average molecular weight is 313 g/mol. The van der Waals surface area contributed by atoms with Crippen LogP contribution in [-0.4, -0.2) is 35.0 Å². The molecule has 0 spiro atoms. The first-order chi connectivity index (χ1) is 9.41. The summed E-state index contributed by atoms with van der Waals surface area (Å²) in [4.78, 5) is 0. The van der Waals surface area contributed by atoms with Crippen LogP contribution in [0.1, 0.15) is 27.7 Å². The fourth-order valence-electron chi connectivity index (χ4n) is 1.99. The van der Waals surface area contributed by atoms with E-state index in [1.165, 1.54) is 30.7 Å². The summed E-state index contributed by atoms with van der Waals surface area (Å²) in [5, 5.41) is 0. The molecular weight excluding hydrogens is 292 g/mol. The van der Waals surface area contributed by atoms with Gasteiger partial charge in [-0.25, -0.2) is 8.60 Å². The van der Waals surface area contributed by atoms with Crippen molar-refractivity contribution in [2.75, 3.05) is 12.5 Å². The summed E-state index contributed by atoms with van der Waals surface area (Å²) in [5.41, 5.74) is -0.352. The van der Waals surface area contributed by atoms with Crippen molar-refractivity contribution in [3.8, 4) is 0 Å². The molecular formula is C14H21BFNO3S. The van der Waals surface area contributed by atoms with Crippen molar-refractivity contribution in [3.05, 3.63) is 24.0 Å². The second-order valence-electron chi connectivity index (χ2n) is 6.57. The van der Waals surface area contributed by atoms with Gasteiger partial charge in [0.2, 0.25) is 0 Å². The Hall–Kier alpha value is -0.915. The molecule has 0 saturated carbocycles. The Kier molecular flexibility index (Phi) is 3.97. The molecule has 0 radical (unpaired) electrons. The van der Waals surface area contributed by atoms with Crippen LogP contribution in [0.15, 0.2) is 22.6 Å². The minimum absolute atomic E-state index is 0.276. The normalized spacial score (nSPS) is 20.6. The molecule has 0 bridgehead atoms. The van der Waals surface area contributed by atoms with Gasteiger partial charge in [0, 0.05) is 27.7 Å². The quantitative estimate of drug-likeness (QED) is 0.788. The fourth-order valence-corrected chi connectivity index (χ4v) is 2.61. The summed E-state index contributed by atoms with van der Waals surface area (Å²) >= 11 is 0. The van der Waals surface area contributed by atoms with Crippen molar-refractivity contribution in [3.63, 3.8) is 0 Å². The highest BCUT2D eigenvalue weighted by atomic mass is 32.2. The standard InChI is InChI=1S/C14H21BFNO3S/c1-13(2)14(3,4)20-15(19-13)11-9-10(7-8-12(11)16)17-21(5,6)18/h7-9H,1-6H3. The Labute approximate surface area is 126 Å². The number of nitrogens with zero attached hydrogens (tertiary/aromatic N) is 1. The van der Waals surface area contributed by atoms with E-state index in [0.717, 1.165) is 0 Å². The summed E-state index contributed by atoms with van der Waals surface area (Å²) in [6.45, 7) is 7.63. The van der Waals surface area contributed by atoms with Gasteiger partial charge in [0.1, 0.15) is 5.82 Å². The third-order valence-corrected chi connectivity index (χ3v) is 4.46. The number of hydrogen-bond donors (Lipinski definition) is 0. The van der Waals surface area contributed by atoms with Gasteiger partial charge in [-0.3, -0.25) is 0 Å². The Morgan fingerprint density at radius 3 is 2.14 bits per heavy atom. The molecule has 1 saturated heterocycles. The number of hydrogen-bond acceptors (Lipinski definition) is 4. The summed E-state index contributed by atoms with van der Waals surface area (Å²) in [7, 11) is -3.10. The first kappa shape index (κ1) is 16.5. The van der Waals surface area contributed by atoms with Gasteiger partial charge in [0.25, 0.3) is 0 Å². The maximum atomic E-state index is 14.1. The topological polar surface area (TPSA) is 47.9 Å². The van der Waals surface area contributed by atoms with E-state index in [2.05, 4.69) is 4.36 Å². The molecule has 4 nitrogen and oxygen atoms in total. The first-order valence-electron chi connectivity index (χ1n) is 6.73. The molecule has 0 aromatic heterocycles. The van der Waals surface area contributed by atoms with E-state index in [0.29, 0.717) is 5.69 Å². The van der Waals surface area contributed by atoms with Crippen LogP contribution in [0.4, 0.5) is 10.1 Å². The van der Waals surface area contributed by atoms with Gasteiger partial charge in [-0.2, -0.15) is 4.36 Å². The predicted octanol–water partition coefficient (Wildman–Crippen LogP) is 2.48. The lowest BCUT2D eigenvalue weighted by atomic mass is 9.78. The van der Waals surface area contributed by atoms with Crippen LogP contribution in [0.25, 0.3) is 0 Å². The highest BCUT2D eigenvalue weighted by Crippen LogP contribution is 2.36. The number of rotatable bonds is 2. The molecule has 1 aliphatic rings. The van der Waals surface area contributed by atoms with Crippen LogP contribution in [0.5, 0.6) is 0 Å². The average Bonchev–Trinajstić information content (AvgIpc) is 2.49. The molecule has 1 heterocycles. The Morgan fingerprint density at radius 1 is 1.14 bits per heavy atom. The predicted molar refractivity (Wildman–Crippen MR) is 84.2 cm³/mol. The molecule has 0 atom stereocenters. The highest BCUT2D eigenvalue weighted by Gasteiger charge is 2.52. The van der Waals surface area contributed by atoms with Gasteiger partial charge in [-0.1, -0.05) is 0 Å². The molecule has 7 heteroatoms. The van der Waals surface area contributed by atoms with Gasteiger partial charge < -0.3 is 9.31 Å². The summed E-state index contributed by atoms with van der Waals surface area (Å²) in [6.07, 6.45) is 3.07. The Bertz CT molecular complexity index is 657. The maximum absolute atomic E-state index is 14.1. The molecule has 0 unspecified atom stereocenters. The SMILES string of the molecule is CC1(C)OB(c2cc(N=S(C)(C)=O)ccc2F)OC1(C)C. The zero-order valence-corrected chi connectivity index (χ0v) is 14.1. The summed E-state index contributed by atoms with van der Waals surface area (Å²) < 4.78 is 41.6. The largest absolute Gasteiger partial charge is 0.497 e. The van der Waals surface area contributed by atoms with E-state index in [4.69, 9.17) is 9.31 Å². The lowest BCUT2D eigenvalue weighted by Crippen LogP contribution is -2.41.